The highest BCUT2D eigenvalue weighted by atomic mass is 32.2. The minimum absolute atomic E-state index is 0.0388. The highest BCUT2D eigenvalue weighted by Gasteiger charge is 2.28. The largest absolute Gasteiger partial charge is 0.352 e. The number of sulfone groups is 1. The van der Waals surface area contributed by atoms with Gasteiger partial charge >= 0.3 is 0 Å². The maximum atomic E-state index is 12.9. The summed E-state index contributed by atoms with van der Waals surface area (Å²) in [4.78, 5) is 12.0. The lowest BCUT2D eigenvalue weighted by atomic mass is 10.1. The van der Waals surface area contributed by atoms with Crippen LogP contribution in [0.5, 0.6) is 0 Å². The Labute approximate surface area is 162 Å². The number of hydrogen-bond acceptors (Lipinski definition) is 5. The number of benzene rings is 2. The van der Waals surface area contributed by atoms with E-state index in [1.54, 1.807) is 12.1 Å². The zero-order valence-electron chi connectivity index (χ0n) is 14.8. The Morgan fingerprint density at radius 3 is 2.29 bits per heavy atom. The minimum Gasteiger partial charge on any atom is -0.352 e. The zero-order chi connectivity index (χ0) is 20.4. The number of anilines is 1. The second kappa shape index (κ2) is 7.88. The summed E-state index contributed by atoms with van der Waals surface area (Å²) in [6.07, 6.45) is 0.472. The van der Waals surface area contributed by atoms with E-state index in [1.165, 1.54) is 24.3 Å². The molecule has 7 nitrogen and oxygen atoms in total. The average molecular weight is 426 g/mol. The molecule has 0 radical (unpaired) electrons. The normalized spacial score (nSPS) is 18.5. The molecule has 2 aromatic rings. The van der Waals surface area contributed by atoms with Gasteiger partial charge in [0, 0.05) is 11.7 Å². The highest BCUT2D eigenvalue weighted by Crippen LogP contribution is 2.17. The van der Waals surface area contributed by atoms with Crippen molar-refractivity contribution in [2.24, 2.45) is 0 Å². The standard InChI is InChI=1S/C18H19FN2O5S2/c19-14-3-7-17(8-4-14)28(25,26)21-15-5-1-13(2-6-15)11-18(22)20-16-9-10-27(23,24)12-16/h1-8,16,21H,9-12H2,(H,20,22). The van der Waals surface area contributed by atoms with E-state index in [-0.39, 0.29) is 34.8 Å². The van der Waals surface area contributed by atoms with Gasteiger partial charge in [-0.2, -0.15) is 0 Å². The lowest BCUT2D eigenvalue weighted by Crippen LogP contribution is -2.36. The second-order valence-corrected chi connectivity index (χ2v) is 10.5. The van der Waals surface area contributed by atoms with Gasteiger partial charge in [-0.05, 0) is 48.4 Å². The van der Waals surface area contributed by atoms with Crippen LogP contribution in [0.2, 0.25) is 0 Å². The molecule has 10 heteroatoms. The number of hydrogen-bond donors (Lipinski definition) is 2. The fourth-order valence-corrected chi connectivity index (χ4v) is 5.62. The average Bonchev–Trinajstić information content (AvgIpc) is 2.95. The molecular formula is C18H19FN2O5S2. The fourth-order valence-electron chi connectivity index (χ4n) is 2.89. The quantitative estimate of drug-likeness (QED) is 0.727. The number of carbonyl (C=O) groups excluding carboxylic acids is 1. The number of nitrogens with one attached hydrogen (secondary N) is 2. The lowest BCUT2D eigenvalue weighted by Gasteiger charge is -2.11. The predicted octanol–water partition coefficient (Wildman–Crippen LogP) is 1.47. The first-order chi connectivity index (χ1) is 13.1. The van der Waals surface area contributed by atoms with Gasteiger partial charge in [-0.3, -0.25) is 9.52 Å². The smallest absolute Gasteiger partial charge is 0.261 e. The first kappa shape index (κ1) is 20.3. The van der Waals surface area contributed by atoms with Gasteiger partial charge in [0.2, 0.25) is 5.91 Å². The van der Waals surface area contributed by atoms with Crippen molar-refractivity contribution in [3.8, 4) is 0 Å². The Balaban J connectivity index is 1.59. The topological polar surface area (TPSA) is 109 Å². The van der Waals surface area contributed by atoms with Crippen LogP contribution >= 0.6 is 0 Å². The molecule has 0 saturated carbocycles. The number of halogens is 1. The first-order valence-electron chi connectivity index (χ1n) is 8.50. The molecule has 2 N–H and O–H groups in total. The third-order valence-electron chi connectivity index (χ3n) is 4.29. The molecule has 0 aliphatic carbocycles. The summed E-state index contributed by atoms with van der Waals surface area (Å²) in [5.74, 6) is -0.775. The van der Waals surface area contributed by atoms with Crippen molar-refractivity contribution in [2.45, 2.75) is 23.8 Å². The highest BCUT2D eigenvalue weighted by molar-refractivity contribution is 7.92. The second-order valence-electron chi connectivity index (χ2n) is 6.60. The minimum atomic E-state index is -3.85. The van der Waals surface area contributed by atoms with E-state index in [0.717, 1.165) is 12.1 Å². The molecule has 0 spiro atoms. The Bertz CT molecular complexity index is 1070. The van der Waals surface area contributed by atoms with Crippen molar-refractivity contribution in [2.75, 3.05) is 16.2 Å². The summed E-state index contributed by atoms with van der Waals surface area (Å²) < 4.78 is 62.7. The molecule has 1 aliphatic heterocycles. The van der Waals surface area contributed by atoms with E-state index in [4.69, 9.17) is 0 Å². The molecule has 150 valence electrons. The van der Waals surface area contributed by atoms with Crippen LogP contribution in [0, 0.1) is 5.82 Å². The zero-order valence-corrected chi connectivity index (χ0v) is 16.4. The van der Waals surface area contributed by atoms with Crippen LogP contribution < -0.4 is 10.0 Å². The Kier molecular flexibility index (Phi) is 5.71. The molecule has 0 aromatic heterocycles. The van der Waals surface area contributed by atoms with Crippen molar-refractivity contribution in [1.29, 1.82) is 0 Å². The third kappa shape index (κ3) is 5.29. The van der Waals surface area contributed by atoms with Gasteiger partial charge in [-0.15, -0.1) is 0 Å². The van der Waals surface area contributed by atoms with Crippen LogP contribution in [0.3, 0.4) is 0 Å². The third-order valence-corrected chi connectivity index (χ3v) is 7.46. The van der Waals surface area contributed by atoms with E-state index in [9.17, 15) is 26.0 Å². The molecule has 3 rings (SSSR count). The maximum absolute atomic E-state index is 12.9. The predicted molar refractivity (Wildman–Crippen MR) is 103 cm³/mol. The molecule has 1 saturated heterocycles. The Morgan fingerprint density at radius 2 is 1.71 bits per heavy atom. The van der Waals surface area contributed by atoms with Crippen molar-refractivity contribution in [3.05, 3.63) is 59.9 Å². The van der Waals surface area contributed by atoms with Crippen LogP contribution in [0.25, 0.3) is 0 Å². The molecule has 2 aromatic carbocycles. The number of sulfonamides is 1. The van der Waals surface area contributed by atoms with Crippen LogP contribution in [0.4, 0.5) is 10.1 Å². The molecule has 0 bridgehead atoms. The molecular weight excluding hydrogens is 407 g/mol. The van der Waals surface area contributed by atoms with Gasteiger partial charge < -0.3 is 5.32 Å². The van der Waals surface area contributed by atoms with Crippen LogP contribution in [-0.2, 0) is 31.1 Å². The summed E-state index contributed by atoms with van der Waals surface area (Å²) in [5.41, 5.74) is 0.957. The number of rotatable bonds is 6. The van der Waals surface area contributed by atoms with Crippen molar-refractivity contribution in [1.82, 2.24) is 5.32 Å². The van der Waals surface area contributed by atoms with E-state index < -0.39 is 25.7 Å². The summed E-state index contributed by atoms with van der Waals surface area (Å²) in [6.45, 7) is 0. The van der Waals surface area contributed by atoms with Gasteiger partial charge in [0.05, 0.1) is 22.8 Å². The fraction of sp³-hybridized carbons (Fsp3) is 0.278. The molecule has 28 heavy (non-hydrogen) atoms. The van der Waals surface area contributed by atoms with Gasteiger partial charge in [0.25, 0.3) is 10.0 Å². The maximum Gasteiger partial charge on any atom is 0.261 e. The van der Waals surface area contributed by atoms with Gasteiger partial charge in [-0.1, -0.05) is 12.1 Å². The summed E-state index contributed by atoms with van der Waals surface area (Å²) in [5, 5.41) is 2.70. The van der Waals surface area contributed by atoms with E-state index in [1.807, 2.05) is 0 Å². The molecule has 1 heterocycles. The molecule has 1 fully saturated rings. The van der Waals surface area contributed by atoms with Crippen molar-refractivity contribution in [3.63, 3.8) is 0 Å². The SMILES string of the molecule is O=C(Cc1ccc(NS(=O)(=O)c2ccc(F)cc2)cc1)NC1CCS(=O)(=O)C1. The number of amides is 1. The summed E-state index contributed by atoms with van der Waals surface area (Å²) >= 11 is 0. The summed E-state index contributed by atoms with van der Waals surface area (Å²) in [7, 11) is -6.91. The van der Waals surface area contributed by atoms with Gasteiger partial charge in [0.1, 0.15) is 5.82 Å². The van der Waals surface area contributed by atoms with Crippen LogP contribution in [0.15, 0.2) is 53.4 Å². The monoisotopic (exact) mass is 426 g/mol. The first-order valence-corrected chi connectivity index (χ1v) is 11.8. The van der Waals surface area contributed by atoms with Crippen LogP contribution in [-0.4, -0.2) is 40.3 Å². The number of carbonyl (C=O) groups is 1. The van der Waals surface area contributed by atoms with E-state index in [0.29, 0.717) is 17.7 Å². The molecule has 1 unspecified atom stereocenters. The Morgan fingerprint density at radius 1 is 1.07 bits per heavy atom. The van der Waals surface area contributed by atoms with Crippen molar-refractivity contribution >= 4 is 31.5 Å². The molecule has 1 aliphatic rings. The van der Waals surface area contributed by atoms with E-state index >= 15 is 0 Å². The molecule has 1 amide bonds. The lowest BCUT2D eigenvalue weighted by molar-refractivity contribution is -0.121. The Hall–Kier alpha value is -2.46. The van der Waals surface area contributed by atoms with Gasteiger partial charge in [-0.25, -0.2) is 21.2 Å². The van der Waals surface area contributed by atoms with Crippen LogP contribution in [0.1, 0.15) is 12.0 Å². The van der Waals surface area contributed by atoms with Crippen molar-refractivity contribution < 1.29 is 26.0 Å². The van der Waals surface area contributed by atoms with E-state index in [2.05, 4.69) is 10.0 Å². The van der Waals surface area contributed by atoms with Gasteiger partial charge in [0.15, 0.2) is 9.84 Å². The summed E-state index contributed by atoms with van der Waals surface area (Å²) in [6, 6.07) is 10.3. The molecule has 1 atom stereocenters.